The highest BCUT2D eigenvalue weighted by Crippen LogP contribution is 2.28. The molecule has 2 heterocycles. The fraction of sp³-hybridized carbons (Fsp3) is 0.269. The lowest BCUT2D eigenvalue weighted by atomic mass is 10.1. The third kappa shape index (κ3) is 5.17. The van der Waals surface area contributed by atoms with Gasteiger partial charge in [0.05, 0.1) is 11.7 Å². The molecule has 7 nitrogen and oxygen atoms in total. The minimum Gasteiger partial charge on any atom is -0.384 e. The first kappa shape index (κ1) is 23.2. The van der Waals surface area contributed by atoms with E-state index in [9.17, 15) is 9.18 Å². The smallest absolute Gasteiger partial charge is 0.268 e. The topological polar surface area (TPSA) is 94.7 Å². The first-order valence-corrected chi connectivity index (χ1v) is 11.4. The molecule has 0 saturated carbocycles. The number of halogens is 1. The van der Waals surface area contributed by atoms with E-state index in [1.807, 2.05) is 39.0 Å². The molecular weight excluding hydrogens is 431 g/mol. The summed E-state index contributed by atoms with van der Waals surface area (Å²) in [5, 5.41) is 18.9. The second kappa shape index (κ2) is 10.3. The fourth-order valence-electron chi connectivity index (χ4n) is 3.97. The molecule has 0 saturated heterocycles. The van der Waals surface area contributed by atoms with Gasteiger partial charge in [-0.15, -0.1) is 5.10 Å². The van der Waals surface area contributed by atoms with E-state index in [2.05, 4.69) is 37.2 Å². The van der Waals surface area contributed by atoms with Crippen LogP contribution in [0.5, 0.6) is 0 Å². The molecule has 34 heavy (non-hydrogen) atoms. The van der Waals surface area contributed by atoms with E-state index in [-0.39, 0.29) is 11.7 Å². The van der Waals surface area contributed by atoms with E-state index in [4.69, 9.17) is 0 Å². The maximum absolute atomic E-state index is 13.5. The Kier molecular flexibility index (Phi) is 7.06. The van der Waals surface area contributed by atoms with Crippen LogP contribution in [0.15, 0.2) is 65.7 Å². The van der Waals surface area contributed by atoms with Crippen molar-refractivity contribution in [3.63, 3.8) is 0 Å². The molecule has 0 bridgehead atoms. The van der Waals surface area contributed by atoms with Crippen molar-refractivity contribution in [2.75, 3.05) is 11.9 Å². The third-order valence-corrected chi connectivity index (χ3v) is 5.75. The van der Waals surface area contributed by atoms with Crippen molar-refractivity contribution >= 4 is 22.6 Å². The highest BCUT2D eigenvalue weighted by Gasteiger charge is 2.18. The maximum Gasteiger partial charge on any atom is 0.268 e. The summed E-state index contributed by atoms with van der Waals surface area (Å²) in [7, 11) is 0. The first-order valence-electron chi connectivity index (χ1n) is 11.4. The number of carbonyl (C=O) groups excluding carboxylic acids is 1. The van der Waals surface area contributed by atoms with E-state index in [1.54, 1.807) is 12.3 Å². The van der Waals surface area contributed by atoms with Gasteiger partial charge in [0.15, 0.2) is 5.82 Å². The summed E-state index contributed by atoms with van der Waals surface area (Å²) in [5.74, 6) is 0.210. The number of hydrogen-bond acceptors (Lipinski definition) is 5. The molecule has 0 unspecified atom stereocenters. The van der Waals surface area contributed by atoms with E-state index >= 15 is 0 Å². The van der Waals surface area contributed by atoms with Gasteiger partial charge in [-0.25, -0.2) is 4.39 Å². The van der Waals surface area contributed by atoms with Gasteiger partial charge in [-0.2, -0.15) is 5.10 Å². The number of aromatic nitrogens is 3. The fourth-order valence-corrected chi connectivity index (χ4v) is 3.97. The Morgan fingerprint density at radius 3 is 2.91 bits per heavy atom. The zero-order valence-corrected chi connectivity index (χ0v) is 19.6. The van der Waals surface area contributed by atoms with Crippen LogP contribution in [0.3, 0.4) is 0 Å². The van der Waals surface area contributed by atoms with E-state index in [0.29, 0.717) is 24.6 Å². The number of amides is 1. The number of nitrogens with one attached hydrogen (secondary N) is 4. The van der Waals surface area contributed by atoms with Crippen LogP contribution in [-0.4, -0.2) is 27.6 Å². The van der Waals surface area contributed by atoms with Crippen molar-refractivity contribution < 1.29 is 9.18 Å². The van der Waals surface area contributed by atoms with Crippen LogP contribution in [0.25, 0.3) is 10.9 Å². The lowest BCUT2D eigenvalue weighted by Crippen LogP contribution is -2.24. The van der Waals surface area contributed by atoms with Gasteiger partial charge < -0.3 is 20.9 Å². The number of allylic oxidation sites excluding steroid dienone is 4. The summed E-state index contributed by atoms with van der Waals surface area (Å²) in [6.45, 7) is 7.12. The minimum absolute atomic E-state index is 0.136. The molecule has 4 rings (SSSR count). The molecule has 0 spiro atoms. The van der Waals surface area contributed by atoms with Crippen LogP contribution < -0.4 is 16.0 Å². The van der Waals surface area contributed by atoms with Gasteiger partial charge >= 0.3 is 0 Å². The summed E-state index contributed by atoms with van der Waals surface area (Å²) in [4.78, 5) is 15.7. The van der Waals surface area contributed by atoms with Gasteiger partial charge in [0.2, 0.25) is 0 Å². The van der Waals surface area contributed by atoms with Crippen LogP contribution >= 0.6 is 0 Å². The van der Waals surface area contributed by atoms with E-state index in [0.717, 1.165) is 51.8 Å². The van der Waals surface area contributed by atoms with Crippen molar-refractivity contribution in [1.29, 1.82) is 0 Å². The number of nitrogens with zero attached hydrogens (tertiary/aromatic N) is 2. The number of rotatable bonds is 8. The monoisotopic (exact) mass is 460 g/mol. The van der Waals surface area contributed by atoms with Crippen molar-refractivity contribution in [2.24, 2.45) is 0 Å². The Morgan fingerprint density at radius 1 is 1.26 bits per heavy atom. The molecule has 4 N–H and O–H groups in total. The van der Waals surface area contributed by atoms with Gasteiger partial charge in [0.25, 0.3) is 5.91 Å². The zero-order valence-electron chi connectivity index (χ0n) is 19.6. The van der Waals surface area contributed by atoms with Crippen LogP contribution in [0, 0.1) is 12.7 Å². The molecule has 1 aliphatic carbocycles. The van der Waals surface area contributed by atoms with Gasteiger partial charge in [-0.1, -0.05) is 25.1 Å². The number of benzene rings is 1. The van der Waals surface area contributed by atoms with Crippen LogP contribution in [-0.2, 0) is 6.54 Å². The summed E-state index contributed by atoms with van der Waals surface area (Å²) in [6.07, 6.45) is 9.31. The molecular formula is C26H29FN6O. The van der Waals surface area contributed by atoms with E-state index < -0.39 is 0 Å². The molecule has 0 radical (unpaired) electrons. The normalized spacial score (nSPS) is 13.6. The van der Waals surface area contributed by atoms with Gasteiger partial charge in [-0.05, 0) is 61.3 Å². The van der Waals surface area contributed by atoms with Crippen molar-refractivity contribution in [2.45, 2.75) is 40.2 Å². The lowest BCUT2D eigenvalue weighted by Gasteiger charge is -2.12. The second-order valence-electron chi connectivity index (χ2n) is 8.34. The average molecular weight is 461 g/mol. The third-order valence-electron chi connectivity index (χ3n) is 5.75. The van der Waals surface area contributed by atoms with Crippen LogP contribution in [0.2, 0.25) is 0 Å². The number of anilines is 1. The van der Waals surface area contributed by atoms with Gasteiger partial charge in [0.1, 0.15) is 11.5 Å². The van der Waals surface area contributed by atoms with E-state index in [1.165, 1.54) is 12.1 Å². The molecule has 2 aromatic heterocycles. The van der Waals surface area contributed by atoms with Crippen molar-refractivity contribution in [3.8, 4) is 0 Å². The summed E-state index contributed by atoms with van der Waals surface area (Å²) >= 11 is 0. The molecule has 0 atom stereocenters. The number of hydrogen-bond donors (Lipinski definition) is 4. The standard InChI is InChI=1S/C26H29FN6O/c1-4-11-28-26(34)24-17(3)23-22(32-24)15-30-33-25(23)31-20-9-6-10-21(16(2)12-20)29-14-18-7-5-8-19(27)13-18/h5-9,12-13,15,29,32H,4,10-11,14H2,1-3H3,(H,28,34)(H,31,33). The largest absolute Gasteiger partial charge is 0.384 e. The van der Waals surface area contributed by atoms with Gasteiger partial charge in [0, 0.05) is 36.3 Å². The zero-order chi connectivity index (χ0) is 24.1. The summed E-state index contributed by atoms with van der Waals surface area (Å²) < 4.78 is 13.5. The predicted molar refractivity (Wildman–Crippen MR) is 133 cm³/mol. The second-order valence-corrected chi connectivity index (χ2v) is 8.34. The molecule has 0 fully saturated rings. The molecule has 8 heteroatoms. The first-order chi connectivity index (χ1) is 16.5. The Bertz CT molecular complexity index is 1300. The number of H-pyrrole nitrogens is 1. The Morgan fingerprint density at radius 2 is 2.12 bits per heavy atom. The Labute approximate surface area is 198 Å². The number of fused-ring (bicyclic) bond motifs is 1. The molecule has 1 amide bonds. The minimum atomic E-state index is -0.238. The molecule has 1 aliphatic rings. The van der Waals surface area contributed by atoms with Crippen LogP contribution in [0.1, 0.15) is 48.3 Å². The SMILES string of the molecule is CCCNC(=O)c1[nH]c2cnnc(NC3=CC(C)=C(NCc4cccc(F)c4)CC=C3)c2c1C. The molecule has 0 aliphatic heterocycles. The quantitative estimate of drug-likeness (QED) is 0.385. The highest BCUT2D eigenvalue weighted by atomic mass is 19.1. The highest BCUT2D eigenvalue weighted by molar-refractivity contribution is 6.04. The Hall–Kier alpha value is -3.94. The lowest BCUT2D eigenvalue weighted by molar-refractivity contribution is 0.0949. The Balaban J connectivity index is 1.56. The average Bonchev–Trinajstić information content (AvgIpc) is 3.06. The summed E-state index contributed by atoms with van der Waals surface area (Å²) in [6, 6.07) is 6.59. The number of carbonyl (C=O) groups is 1. The molecule has 176 valence electrons. The van der Waals surface area contributed by atoms with Crippen molar-refractivity contribution in [3.05, 3.63) is 88.3 Å². The van der Waals surface area contributed by atoms with Crippen LogP contribution in [0.4, 0.5) is 10.2 Å². The maximum atomic E-state index is 13.5. The molecule has 3 aromatic rings. The van der Waals surface area contributed by atoms with Crippen molar-refractivity contribution in [1.82, 2.24) is 25.8 Å². The molecule has 1 aromatic carbocycles. The number of aromatic amines is 1. The van der Waals surface area contributed by atoms with Gasteiger partial charge in [-0.3, -0.25) is 4.79 Å². The summed E-state index contributed by atoms with van der Waals surface area (Å²) in [5.41, 5.74) is 5.97. The number of aryl methyl sites for hydroxylation is 1. The predicted octanol–water partition coefficient (Wildman–Crippen LogP) is 4.86.